The summed E-state index contributed by atoms with van der Waals surface area (Å²) in [5.74, 6) is -0.573. The molecule has 7 heteroatoms. The first-order chi connectivity index (χ1) is 8.87. The fraction of sp³-hybridized carbons (Fsp3) is 0.417. The predicted octanol–water partition coefficient (Wildman–Crippen LogP) is 3.17. The highest BCUT2D eigenvalue weighted by molar-refractivity contribution is 9.18. The molecule has 1 unspecified atom stereocenters. The van der Waals surface area contributed by atoms with Crippen molar-refractivity contribution < 1.29 is 14.4 Å². The summed E-state index contributed by atoms with van der Waals surface area (Å²) in [6, 6.07) is 1.79. The van der Waals surface area contributed by atoms with E-state index >= 15 is 0 Å². The van der Waals surface area contributed by atoms with Crippen LogP contribution >= 0.6 is 27.5 Å². The van der Waals surface area contributed by atoms with E-state index in [1.807, 2.05) is 6.92 Å². The minimum Gasteiger partial charge on any atom is -0.464 e. The van der Waals surface area contributed by atoms with Crippen molar-refractivity contribution in [2.24, 2.45) is 5.16 Å². The molecule has 102 valence electrons. The van der Waals surface area contributed by atoms with E-state index in [4.69, 9.17) is 16.4 Å². The number of rotatable bonds is 2. The first kappa shape index (κ1) is 14.3. The number of methoxy groups -OCH3 is 1. The van der Waals surface area contributed by atoms with Crippen LogP contribution in [0, 0.1) is 6.92 Å². The molecule has 19 heavy (non-hydrogen) atoms. The summed E-state index contributed by atoms with van der Waals surface area (Å²) >= 11 is 9.36. The summed E-state index contributed by atoms with van der Waals surface area (Å²) < 4.78 is 5.38. The van der Waals surface area contributed by atoms with Gasteiger partial charge in [0.05, 0.1) is 17.8 Å². The molecule has 0 radical (unpaired) electrons. The van der Waals surface area contributed by atoms with Gasteiger partial charge in [-0.25, -0.2) is 9.78 Å². The molecule has 0 amide bonds. The maximum Gasteiger partial charge on any atom is 0.358 e. The van der Waals surface area contributed by atoms with Crippen LogP contribution in [0.25, 0.3) is 0 Å². The van der Waals surface area contributed by atoms with Gasteiger partial charge in [-0.05, 0) is 41.4 Å². The van der Waals surface area contributed by atoms with Gasteiger partial charge in [0.15, 0.2) is 11.3 Å². The van der Waals surface area contributed by atoms with Gasteiger partial charge in [0.25, 0.3) is 0 Å². The first-order valence-electron chi connectivity index (χ1n) is 5.54. The molecular formula is C12H12BrClN2O3. The van der Waals surface area contributed by atoms with Crippen molar-refractivity contribution in [1.29, 1.82) is 0 Å². The van der Waals surface area contributed by atoms with Crippen molar-refractivity contribution >= 4 is 38.1 Å². The quantitative estimate of drug-likeness (QED) is 0.771. The Labute approximate surface area is 124 Å². The van der Waals surface area contributed by atoms with Crippen molar-refractivity contribution in [2.45, 2.75) is 25.9 Å². The number of carbonyl (C=O) groups is 1. The molecule has 0 spiro atoms. The average Bonchev–Trinajstić information content (AvgIpc) is 2.72. The number of pyridine rings is 1. The third kappa shape index (κ3) is 2.60. The van der Waals surface area contributed by atoms with Crippen molar-refractivity contribution in [1.82, 2.24) is 4.98 Å². The lowest BCUT2D eigenvalue weighted by molar-refractivity contribution is -0.0110. The number of oxime groups is 1. The van der Waals surface area contributed by atoms with Crippen LogP contribution in [0.5, 0.6) is 0 Å². The van der Waals surface area contributed by atoms with E-state index in [-0.39, 0.29) is 10.7 Å². The molecule has 5 nitrogen and oxygen atoms in total. The highest BCUT2D eigenvalue weighted by atomic mass is 79.9. The molecule has 0 bridgehead atoms. The van der Waals surface area contributed by atoms with Crippen LogP contribution in [-0.2, 0) is 15.2 Å². The molecule has 0 aromatic carbocycles. The van der Waals surface area contributed by atoms with Crippen molar-refractivity contribution in [3.8, 4) is 0 Å². The van der Waals surface area contributed by atoms with Gasteiger partial charge in [-0.3, -0.25) is 0 Å². The highest BCUT2D eigenvalue weighted by Crippen LogP contribution is 2.36. The van der Waals surface area contributed by atoms with E-state index < -0.39 is 11.6 Å². The molecule has 1 aromatic heterocycles. The standard InChI is InChI=1S/C12H12BrClN2O3/c1-6-4-7(12(2)5-8(13)16-19-12)15-10(9(6)14)11(17)18-3/h4H,5H2,1-3H3. The summed E-state index contributed by atoms with van der Waals surface area (Å²) in [6.45, 7) is 3.65. The second-order valence-electron chi connectivity index (χ2n) is 4.45. The number of ether oxygens (including phenoxy) is 1. The van der Waals surface area contributed by atoms with Crippen molar-refractivity contribution in [3.63, 3.8) is 0 Å². The normalized spacial score (nSPS) is 21.8. The van der Waals surface area contributed by atoms with Crippen LogP contribution in [0.3, 0.4) is 0 Å². The van der Waals surface area contributed by atoms with E-state index in [2.05, 4.69) is 30.8 Å². The summed E-state index contributed by atoms with van der Waals surface area (Å²) in [4.78, 5) is 21.3. The molecule has 1 aliphatic heterocycles. The van der Waals surface area contributed by atoms with Crippen LogP contribution < -0.4 is 0 Å². The minimum absolute atomic E-state index is 0.0898. The largest absolute Gasteiger partial charge is 0.464 e. The number of nitrogens with zero attached hydrogens (tertiary/aromatic N) is 2. The van der Waals surface area contributed by atoms with Gasteiger partial charge >= 0.3 is 5.97 Å². The topological polar surface area (TPSA) is 60.8 Å². The summed E-state index contributed by atoms with van der Waals surface area (Å²) in [5.41, 5.74) is 0.705. The zero-order valence-electron chi connectivity index (χ0n) is 10.7. The Morgan fingerprint density at radius 3 is 2.84 bits per heavy atom. The zero-order chi connectivity index (χ0) is 14.2. The number of halogens is 2. The van der Waals surface area contributed by atoms with Crippen LogP contribution in [-0.4, -0.2) is 22.7 Å². The summed E-state index contributed by atoms with van der Waals surface area (Å²) in [6.07, 6.45) is 0.543. The number of aryl methyl sites for hydroxylation is 1. The number of carbonyl (C=O) groups excluding carboxylic acids is 1. The van der Waals surface area contributed by atoms with Gasteiger partial charge in [0, 0.05) is 6.42 Å². The van der Waals surface area contributed by atoms with E-state index in [0.29, 0.717) is 16.7 Å². The number of esters is 1. The monoisotopic (exact) mass is 346 g/mol. The predicted molar refractivity (Wildman–Crippen MR) is 74.7 cm³/mol. The van der Waals surface area contributed by atoms with E-state index in [9.17, 15) is 4.79 Å². The maximum atomic E-state index is 11.7. The lowest BCUT2D eigenvalue weighted by Gasteiger charge is -2.21. The number of hydrogen-bond acceptors (Lipinski definition) is 5. The Balaban J connectivity index is 2.49. The van der Waals surface area contributed by atoms with Crippen LogP contribution in [0.1, 0.15) is 35.1 Å². The molecule has 0 saturated heterocycles. The van der Waals surface area contributed by atoms with Gasteiger partial charge in [-0.15, -0.1) is 0 Å². The third-order valence-electron chi connectivity index (χ3n) is 2.89. The molecule has 0 saturated carbocycles. The molecule has 2 heterocycles. The smallest absolute Gasteiger partial charge is 0.358 e. The number of aromatic nitrogens is 1. The van der Waals surface area contributed by atoms with E-state index in [0.717, 1.165) is 5.56 Å². The zero-order valence-corrected chi connectivity index (χ0v) is 13.0. The summed E-state index contributed by atoms with van der Waals surface area (Å²) in [5, 5.41) is 4.15. The molecule has 1 atom stereocenters. The Kier molecular flexibility index (Phi) is 3.82. The maximum absolute atomic E-state index is 11.7. The molecule has 2 rings (SSSR count). The molecule has 1 aromatic rings. The Morgan fingerprint density at radius 1 is 1.63 bits per heavy atom. The Morgan fingerprint density at radius 2 is 2.32 bits per heavy atom. The highest BCUT2D eigenvalue weighted by Gasteiger charge is 2.38. The second kappa shape index (κ2) is 5.09. The lowest BCUT2D eigenvalue weighted by Crippen LogP contribution is -2.24. The van der Waals surface area contributed by atoms with E-state index in [1.165, 1.54) is 7.11 Å². The molecule has 0 aliphatic carbocycles. The van der Waals surface area contributed by atoms with Gasteiger partial charge < -0.3 is 9.57 Å². The first-order valence-corrected chi connectivity index (χ1v) is 6.71. The van der Waals surface area contributed by atoms with Gasteiger partial charge in [0.1, 0.15) is 4.62 Å². The SMILES string of the molecule is COC(=O)c1nc(C2(C)CC(Br)=NO2)cc(C)c1Cl. The fourth-order valence-electron chi connectivity index (χ4n) is 1.79. The van der Waals surface area contributed by atoms with Crippen LogP contribution in [0.4, 0.5) is 0 Å². The van der Waals surface area contributed by atoms with Crippen molar-refractivity contribution in [2.75, 3.05) is 7.11 Å². The molecule has 0 N–H and O–H groups in total. The number of hydrogen-bond donors (Lipinski definition) is 0. The summed E-state index contributed by atoms with van der Waals surface area (Å²) in [7, 11) is 1.29. The van der Waals surface area contributed by atoms with Gasteiger partial charge in [-0.1, -0.05) is 16.8 Å². The molecule has 0 fully saturated rings. The second-order valence-corrected chi connectivity index (χ2v) is 5.74. The Bertz CT molecular complexity index is 576. The van der Waals surface area contributed by atoms with Gasteiger partial charge in [0.2, 0.25) is 0 Å². The molecular weight excluding hydrogens is 336 g/mol. The minimum atomic E-state index is -0.711. The third-order valence-corrected chi connectivity index (χ3v) is 3.79. The Hall–Kier alpha value is -1.14. The fourth-order valence-corrected chi connectivity index (χ4v) is 2.57. The van der Waals surface area contributed by atoms with E-state index in [1.54, 1.807) is 13.0 Å². The molecule has 1 aliphatic rings. The van der Waals surface area contributed by atoms with Crippen LogP contribution in [0.2, 0.25) is 5.02 Å². The van der Waals surface area contributed by atoms with Crippen molar-refractivity contribution in [3.05, 3.63) is 28.0 Å². The average molecular weight is 348 g/mol. The van der Waals surface area contributed by atoms with Gasteiger partial charge in [-0.2, -0.15) is 0 Å². The lowest BCUT2D eigenvalue weighted by atomic mass is 9.97. The van der Waals surface area contributed by atoms with Crippen LogP contribution in [0.15, 0.2) is 11.2 Å².